The predicted molar refractivity (Wildman–Crippen MR) is 234 cm³/mol. The number of nitrogens with zero attached hydrogens (tertiary/aromatic N) is 6. The van der Waals surface area contributed by atoms with E-state index in [0.717, 1.165) is 110 Å². The van der Waals surface area contributed by atoms with Gasteiger partial charge in [0.15, 0.2) is 0 Å². The van der Waals surface area contributed by atoms with Crippen LogP contribution in [0.3, 0.4) is 0 Å². The summed E-state index contributed by atoms with van der Waals surface area (Å²) in [4.78, 5) is 32.4. The number of likely N-dealkylation sites (tertiary alicyclic amines) is 1. The number of carbonyl (C=O) groups is 2. The molecule has 1 fully saturated rings. The first-order valence-electron chi connectivity index (χ1n) is 20.7. The summed E-state index contributed by atoms with van der Waals surface area (Å²) in [6, 6.07) is 9.85. The summed E-state index contributed by atoms with van der Waals surface area (Å²) in [7, 11) is 3.72. The zero-order valence-electron chi connectivity index (χ0n) is 34.7. The van der Waals surface area contributed by atoms with E-state index in [-0.39, 0.29) is 23.7 Å². The first-order chi connectivity index (χ1) is 27.7. The van der Waals surface area contributed by atoms with Crippen molar-refractivity contribution in [2.75, 3.05) is 37.7 Å². The highest BCUT2D eigenvalue weighted by atomic mass is 35.5. The SMILES string of the molecule is CC1=CC(OCCCc2c3n(c4c(-c5c(C)nn(C)c5C)c(Cl)ccc24)[C@H](C)CN(c2cc(CCN4CCCCC4)cc4cc(C(=O)O)n(C)c24)C3=O)CC(C)=C1Cl. The van der Waals surface area contributed by atoms with E-state index in [0.29, 0.717) is 36.7 Å². The Morgan fingerprint density at radius 3 is 2.43 bits per heavy atom. The van der Waals surface area contributed by atoms with Crippen LogP contribution in [0, 0.1) is 13.8 Å². The summed E-state index contributed by atoms with van der Waals surface area (Å²) in [5.41, 5.74) is 11.2. The lowest BCUT2D eigenvalue weighted by Crippen LogP contribution is -2.43. The van der Waals surface area contributed by atoms with Gasteiger partial charge in [-0.25, -0.2) is 4.79 Å². The fourth-order valence-electron chi connectivity index (χ4n) is 9.81. The number of benzene rings is 2. The average Bonchev–Trinajstić information content (AvgIpc) is 3.80. The number of allylic oxidation sites excluding steroid dienone is 2. The number of aromatic nitrogens is 4. The summed E-state index contributed by atoms with van der Waals surface area (Å²) in [5, 5.41) is 18.2. The van der Waals surface area contributed by atoms with E-state index in [1.807, 2.05) is 36.5 Å². The number of hydrogen-bond acceptors (Lipinski definition) is 5. The molecule has 12 heteroatoms. The van der Waals surface area contributed by atoms with Crippen molar-refractivity contribution in [3.05, 3.63) is 91.5 Å². The van der Waals surface area contributed by atoms with Gasteiger partial charge in [-0.3, -0.25) is 9.48 Å². The molecule has 58 heavy (non-hydrogen) atoms. The summed E-state index contributed by atoms with van der Waals surface area (Å²) in [5.74, 6) is -1.11. The maximum Gasteiger partial charge on any atom is 0.352 e. The smallest absolute Gasteiger partial charge is 0.352 e. The van der Waals surface area contributed by atoms with Gasteiger partial charge in [0.2, 0.25) is 0 Å². The topological polar surface area (TPSA) is 97.8 Å². The molecule has 1 aliphatic carbocycles. The Labute approximate surface area is 350 Å². The second kappa shape index (κ2) is 16.0. The third kappa shape index (κ3) is 7.10. The van der Waals surface area contributed by atoms with Gasteiger partial charge in [-0.15, -0.1) is 0 Å². The number of amides is 1. The highest BCUT2D eigenvalue weighted by molar-refractivity contribution is 6.35. The highest BCUT2D eigenvalue weighted by Gasteiger charge is 2.38. The van der Waals surface area contributed by atoms with E-state index < -0.39 is 5.97 Å². The second-order valence-electron chi connectivity index (χ2n) is 16.7. The van der Waals surface area contributed by atoms with Crippen molar-refractivity contribution in [1.82, 2.24) is 23.8 Å². The number of carboxylic acids is 1. The van der Waals surface area contributed by atoms with Crippen molar-refractivity contribution in [3.8, 4) is 11.1 Å². The van der Waals surface area contributed by atoms with Crippen molar-refractivity contribution in [2.45, 2.75) is 91.7 Å². The number of carbonyl (C=O) groups excluding carboxylic acids is 1. The first-order valence-corrected chi connectivity index (χ1v) is 21.4. The first kappa shape index (κ1) is 40.4. The van der Waals surface area contributed by atoms with Crippen LogP contribution < -0.4 is 4.90 Å². The quantitative estimate of drug-likeness (QED) is 0.133. The maximum atomic E-state index is 15.5. The molecule has 3 aliphatic rings. The number of anilines is 1. The van der Waals surface area contributed by atoms with Crippen molar-refractivity contribution in [1.29, 1.82) is 0 Å². The molecular formula is C46H54Cl2N6O4. The third-order valence-electron chi connectivity index (χ3n) is 12.7. The fourth-order valence-corrected chi connectivity index (χ4v) is 10.2. The number of aryl methyl sites for hydroxylation is 4. The molecule has 1 unspecified atom stereocenters. The number of hydrogen-bond donors (Lipinski definition) is 1. The van der Waals surface area contributed by atoms with Gasteiger partial charge in [0.1, 0.15) is 11.4 Å². The number of ether oxygens (including phenoxy) is 1. The number of aromatic carboxylic acids is 1. The minimum atomic E-state index is -0.999. The van der Waals surface area contributed by atoms with Crippen LogP contribution >= 0.6 is 23.2 Å². The van der Waals surface area contributed by atoms with Crippen molar-refractivity contribution in [3.63, 3.8) is 0 Å². The van der Waals surface area contributed by atoms with E-state index in [2.05, 4.69) is 54.5 Å². The van der Waals surface area contributed by atoms with E-state index >= 15 is 4.79 Å². The molecule has 0 saturated carbocycles. The van der Waals surface area contributed by atoms with E-state index in [4.69, 9.17) is 33.0 Å². The van der Waals surface area contributed by atoms with Crippen LogP contribution in [0.15, 0.2) is 52.6 Å². The largest absolute Gasteiger partial charge is 0.477 e. The van der Waals surface area contributed by atoms with Gasteiger partial charge in [0.05, 0.1) is 33.5 Å². The Hall–Kier alpha value is -4.35. The molecule has 3 aromatic heterocycles. The van der Waals surface area contributed by atoms with Crippen LogP contribution in [0.5, 0.6) is 0 Å². The standard InChI is InChI=1S/C46H54Cl2N6O4/c1-26-20-33(21-27(2)41(26)48)58-19-11-12-34-35-13-14-36(47)40(39-29(4)49-51(7)30(39)5)43(35)54-28(3)25-53(45(55)44(34)54)37-23-31(15-18-52-16-9-8-10-17-52)22-32-24-38(46(56)57)50(6)42(32)37/h13-14,20,22-24,28,33H,8-12,15-19,21,25H2,1-7H3,(H,56,57)/t28-,33?/m1/s1. The summed E-state index contributed by atoms with van der Waals surface area (Å²) in [6.07, 6.45) is 8.63. The Morgan fingerprint density at radius 2 is 1.74 bits per heavy atom. The second-order valence-corrected chi connectivity index (χ2v) is 17.5. The van der Waals surface area contributed by atoms with Crippen LogP contribution in [-0.2, 0) is 31.7 Å². The van der Waals surface area contributed by atoms with Crippen LogP contribution in [0.25, 0.3) is 32.9 Å². The lowest BCUT2D eigenvalue weighted by Gasteiger charge is -2.35. The summed E-state index contributed by atoms with van der Waals surface area (Å²) < 4.78 is 12.2. The van der Waals surface area contributed by atoms with Gasteiger partial charge in [-0.1, -0.05) is 47.3 Å². The lowest BCUT2D eigenvalue weighted by molar-refractivity contribution is 0.0686. The molecule has 8 rings (SSSR count). The molecule has 2 aliphatic heterocycles. The minimum absolute atomic E-state index is 0.0492. The van der Waals surface area contributed by atoms with Crippen molar-refractivity contribution in [2.24, 2.45) is 14.1 Å². The van der Waals surface area contributed by atoms with Crippen molar-refractivity contribution >= 4 is 62.6 Å². The zero-order chi connectivity index (χ0) is 41.2. The van der Waals surface area contributed by atoms with Gasteiger partial charge in [-0.05, 0) is 127 Å². The number of halogens is 2. The van der Waals surface area contributed by atoms with E-state index in [9.17, 15) is 9.90 Å². The summed E-state index contributed by atoms with van der Waals surface area (Å²) in [6.45, 7) is 14.3. The number of carboxylic acid groups (broad SMARTS) is 1. The van der Waals surface area contributed by atoms with Crippen LogP contribution in [0.1, 0.15) is 102 Å². The Kier molecular flexibility index (Phi) is 11.2. The van der Waals surface area contributed by atoms with E-state index in [1.165, 1.54) is 19.3 Å². The third-order valence-corrected chi connectivity index (χ3v) is 13.7. The number of rotatable bonds is 11. The van der Waals surface area contributed by atoms with Crippen molar-refractivity contribution < 1.29 is 19.4 Å². The van der Waals surface area contributed by atoms with Crippen LogP contribution in [0.4, 0.5) is 5.69 Å². The minimum Gasteiger partial charge on any atom is -0.477 e. The number of fused-ring (bicyclic) bond motifs is 4. The Morgan fingerprint density at radius 1 is 0.983 bits per heavy atom. The van der Waals surface area contributed by atoms with E-state index in [1.54, 1.807) is 17.7 Å². The molecule has 0 bridgehead atoms. The van der Waals surface area contributed by atoms with Gasteiger partial charge >= 0.3 is 5.97 Å². The molecule has 1 N–H and O–H groups in total. The molecule has 1 saturated heterocycles. The summed E-state index contributed by atoms with van der Waals surface area (Å²) >= 11 is 13.7. The molecule has 5 aromatic rings. The maximum absolute atomic E-state index is 15.5. The van der Waals surface area contributed by atoms with Gasteiger partial charge < -0.3 is 28.8 Å². The molecule has 2 aromatic carbocycles. The van der Waals surface area contributed by atoms with Gasteiger partial charge in [-0.2, -0.15) is 5.10 Å². The van der Waals surface area contributed by atoms with Gasteiger partial charge in [0, 0.05) is 72.5 Å². The number of piperidine rings is 1. The van der Waals surface area contributed by atoms with Crippen LogP contribution in [0.2, 0.25) is 5.02 Å². The molecule has 2 atom stereocenters. The van der Waals surface area contributed by atoms with Crippen LogP contribution in [-0.4, -0.2) is 79.7 Å². The molecule has 1 amide bonds. The molecular weight excluding hydrogens is 771 g/mol. The van der Waals surface area contributed by atoms with Gasteiger partial charge in [0.25, 0.3) is 5.91 Å². The zero-order valence-corrected chi connectivity index (χ0v) is 36.2. The predicted octanol–water partition coefficient (Wildman–Crippen LogP) is 9.93. The Balaban J connectivity index is 1.24. The lowest BCUT2D eigenvalue weighted by atomic mass is 9.98. The Bertz CT molecular complexity index is 2530. The molecule has 5 heterocycles. The molecule has 10 nitrogen and oxygen atoms in total. The molecule has 0 spiro atoms. The normalized spacial score (nSPS) is 19.2. The average molecular weight is 826 g/mol. The monoisotopic (exact) mass is 824 g/mol. The molecule has 306 valence electrons. The highest BCUT2D eigenvalue weighted by Crippen LogP contribution is 2.46. The molecule has 0 radical (unpaired) electrons. The fraction of sp³-hybridized carbons (Fsp3) is 0.457.